The van der Waals surface area contributed by atoms with E-state index in [1.54, 1.807) is 11.0 Å². The fourth-order valence-electron chi connectivity index (χ4n) is 6.83. The molecule has 0 aliphatic carbocycles. The highest BCUT2D eigenvalue weighted by molar-refractivity contribution is 5.98. The second-order valence-electron chi connectivity index (χ2n) is 11.2. The van der Waals surface area contributed by atoms with E-state index in [9.17, 15) is 19.5 Å². The smallest absolute Gasteiger partial charge is 0.312 e. The molecule has 2 amide bonds. The van der Waals surface area contributed by atoms with Crippen LogP contribution in [-0.4, -0.2) is 75.7 Å². The lowest BCUT2D eigenvalue weighted by atomic mass is 9.66. The van der Waals surface area contributed by atoms with E-state index in [4.69, 9.17) is 9.47 Å². The van der Waals surface area contributed by atoms with E-state index in [2.05, 4.69) is 13.2 Å². The Morgan fingerprint density at radius 3 is 2.62 bits per heavy atom. The third-order valence-electron chi connectivity index (χ3n) is 8.70. The lowest BCUT2D eigenvalue weighted by Gasteiger charge is -2.39. The number of hydrogen-bond acceptors (Lipinski definition) is 6. The second-order valence-corrected chi connectivity index (χ2v) is 11.2. The van der Waals surface area contributed by atoms with Crippen LogP contribution in [0, 0.1) is 11.8 Å². The quantitative estimate of drug-likeness (QED) is 0.221. The van der Waals surface area contributed by atoms with Crippen molar-refractivity contribution < 1.29 is 29.0 Å². The number of esters is 1. The van der Waals surface area contributed by atoms with Crippen LogP contribution in [0.1, 0.15) is 57.9 Å². The van der Waals surface area contributed by atoms with E-state index < -0.39 is 41.1 Å². The highest BCUT2D eigenvalue weighted by atomic mass is 16.6. The molecule has 2 unspecified atom stereocenters. The van der Waals surface area contributed by atoms with Gasteiger partial charge in [0.05, 0.1) is 30.8 Å². The average molecular weight is 539 g/mol. The van der Waals surface area contributed by atoms with Gasteiger partial charge in [0.1, 0.15) is 17.6 Å². The minimum Gasteiger partial charge on any atom is -0.465 e. The number of rotatable bonds is 14. The molecule has 1 aromatic rings. The van der Waals surface area contributed by atoms with E-state index >= 15 is 0 Å². The van der Waals surface area contributed by atoms with E-state index in [1.807, 2.05) is 50.3 Å². The van der Waals surface area contributed by atoms with Crippen LogP contribution in [0.15, 0.2) is 55.6 Å². The van der Waals surface area contributed by atoms with Gasteiger partial charge in [0.15, 0.2) is 0 Å². The van der Waals surface area contributed by atoms with Crippen LogP contribution < -0.4 is 0 Å². The van der Waals surface area contributed by atoms with Crippen LogP contribution in [0.3, 0.4) is 0 Å². The van der Waals surface area contributed by atoms with E-state index in [0.29, 0.717) is 32.2 Å². The van der Waals surface area contributed by atoms with Crippen LogP contribution in [0.5, 0.6) is 0 Å². The number of aliphatic hydroxyl groups is 1. The Hall–Kier alpha value is -2.97. The first-order valence-electron chi connectivity index (χ1n) is 14.1. The summed E-state index contributed by atoms with van der Waals surface area (Å²) >= 11 is 0. The third kappa shape index (κ3) is 5.16. The number of likely N-dealkylation sites (tertiary alicyclic amines) is 1. The minimum atomic E-state index is -1.16. The fraction of sp³-hybridized carbons (Fsp3) is 0.581. The summed E-state index contributed by atoms with van der Waals surface area (Å²) in [7, 11) is 0. The molecule has 2 bridgehead atoms. The first-order valence-corrected chi connectivity index (χ1v) is 14.1. The monoisotopic (exact) mass is 538 g/mol. The number of aliphatic hydroxyl groups excluding tert-OH is 1. The molecule has 3 heterocycles. The zero-order chi connectivity index (χ0) is 28.2. The molecule has 0 aromatic heterocycles. The molecule has 0 saturated carbocycles. The molecule has 1 N–H and O–H groups in total. The van der Waals surface area contributed by atoms with Crippen molar-refractivity contribution in [2.24, 2.45) is 11.8 Å². The number of amides is 2. The summed E-state index contributed by atoms with van der Waals surface area (Å²) in [5, 5.41) is 10.2. The Balaban J connectivity index is 1.69. The lowest BCUT2D eigenvalue weighted by Crippen LogP contribution is -2.58. The van der Waals surface area contributed by atoms with Crippen molar-refractivity contribution in [2.75, 3.05) is 19.8 Å². The largest absolute Gasteiger partial charge is 0.465 e. The van der Waals surface area contributed by atoms with E-state index in [0.717, 1.165) is 18.4 Å². The van der Waals surface area contributed by atoms with Gasteiger partial charge in [-0.15, -0.1) is 13.2 Å². The zero-order valence-electron chi connectivity index (χ0n) is 23.2. The number of carbonyl (C=O) groups is 3. The molecule has 3 aliphatic rings. The second kappa shape index (κ2) is 12.0. The summed E-state index contributed by atoms with van der Waals surface area (Å²) in [5.41, 5.74) is -1.10. The molecule has 3 fully saturated rings. The van der Waals surface area contributed by atoms with Gasteiger partial charge >= 0.3 is 5.97 Å². The lowest BCUT2D eigenvalue weighted by molar-refractivity contribution is -0.162. The van der Waals surface area contributed by atoms with Crippen LogP contribution >= 0.6 is 0 Å². The Morgan fingerprint density at radius 2 is 1.97 bits per heavy atom. The molecular weight excluding hydrogens is 496 g/mol. The van der Waals surface area contributed by atoms with Gasteiger partial charge in [0.25, 0.3) is 0 Å². The number of unbranched alkanes of at least 4 members (excludes halogenated alkanes) is 2. The first kappa shape index (κ1) is 29.0. The van der Waals surface area contributed by atoms with Crippen molar-refractivity contribution in [3.05, 3.63) is 61.2 Å². The molecule has 39 heavy (non-hydrogen) atoms. The fourth-order valence-corrected chi connectivity index (χ4v) is 6.83. The van der Waals surface area contributed by atoms with Crippen LogP contribution in [0.2, 0.25) is 0 Å². The van der Waals surface area contributed by atoms with Crippen molar-refractivity contribution in [1.82, 2.24) is 9.80 Å². The van der Waals surface area contributed by atoms with Gasteiger partial charge in [-0.05, 0) is 51.0 Å². The van der Waals surface area contributed by atoms with Crippen molar-refractivity contribution in [2.45, 2.75) is 82.2 Å². The van der Waals surface area contributed by atoms with Gasteiger partial charge in [-0.25, -0.2) is 0 Å². The number of ether oxygens (including phenoxy) is 2. The Morgan fingerprint density at radius 1 is 1.23 bits per heavy atom. The standard InChI is InChI=1S/C31H42N2O6/c1-5-8-9-13-19-38-29(37)25-24-27(35)33(23(7-3)21-34)26(31(24)17-16-30(25,4)39-31)28(36)32(18-6-2)20-22-14-11-10-12-15-22/h5-6,10-12,14-15,23-26,34H,1-2,7-9,13,16-21H2,3-4H3/t23-,24-,25-,26?,30+,31?/m0/s1. The molecule has 8 heteroatoms. The third-order valence-corrected chi connectivity index (χ3v) is 8.70. The number of nitrogens with zero attached hydrogens (tertiary/aromatic N) is 2. The van der Waals surface area contributed by atoms with Crippen molar-refractivity contribution in [1.29, 1.82) is 0 Å². The topological polar surface area (TPSA) is 96.4 Å². The highest BCUT2D eigenvalue weighted by Crippen LogP contribution is 2.63. The summed E-state index contributed by atoms with van der Waals surface area (Å²) in [6.45, 7) is 11.9. The molecule has 8 nitrogen and oxygen atoms in total. The van der Waals surface area contributed by atoms with Crippen LogP contribution in [0.4, 0.5) is 0 Å². The van der Waals surface area contributed by atoms with E-state index in [1.165, 1.54) is 4.90 Å². The molecule has 0 radical (unpaired) electrons. The number of allylic oxidation sites excluding steroid dienone is 1. The summed E-state index contributed by atoms with van der Waals surface area (Å²) in [5.74, 6) is -2.67. The minimum absolute atomic E-state index is 0.260. The summed E-state index contributed by atoms with van der Waals surface area (Å²) in [6, 6.07) is 8.13. The summed E-state index contributed by atoms with van der Waals surface area (Å²) < 4.78 is 12.3. The van der Waals surface area contributed by atoms with Gasteiger partial charge in [0.2, 0.25) is 11.8 Å². The molecule has 1 spiro atoms. The first-order chi connectivity index (χ1) is 18.8. The van der Waals surface area contributed by atoms with Gasteiger partial charge in [-0.3, -0.25) is 14.4 Å². The number of benzene rings is 1. The summed E-state index contributed by atoms with van der Waals surface area (Å²) in [4.78, 5) is 45.3. The van der Waals surface area contributed by atoms with Gasteiger partial charge in [0, 0.05) is 13.1 Å². The molecular formula is C31H42N2O6. The normalized spacial score (nSPS) is 29.7. The number of hydrogen-bond donors (Lipinski definition) is 1. The van der Waals surface area contributed by atoms with Gasteiger partial charge in [-0.2, -0.15) is 0 Å². The molecule has 3 saturated heterocycles. The van der Waals surface area contributed by atoms with E-state index in [-0.39, 0.29) is 31.6 Å². The Bertz CT molecular complexity index is 1070. The van der Waals surface area contributed by atoms with Gasteiger partial charge < -0.3 is 24.4 Å². The van der Waals surface area contributed by atoms with Gasteiger partial charge in [-0.1, -0.05) is 49.4 Å². The SMILES string of the molecule is C=CCCCCOC(=O)[C@@H]1[C@H]2C(=O)N([C@@H](CC)CO)C(C(=O)N(CC=C)Cc3ccccc3)C23CC[C@@]1(C)O3. The van der Waals surface area contributed by atoms with Crippen LogP contribution in [0.25, 0.3) is 0 Å². The van der Waals surface area contributed by atoms with Crippen molar-refractivity contribution in [3.63, 3.8) is 0 Å². The Labute approximate surface area is 231 Å². The molecule has 1 aromatic carbocycles. The molecule has 212 valence electrons. The van der Waals surface area contributed by atoms with Crippen molar-refractivity contribution in [3.8, 4) is 0 Å². The molecule has 4 rings (SSSR count). The molecule has 3 aliphatic heterocycles. The predicted octanol–water partition coefficient (Wildman–Crippen LogP) is 3.64. The highest BCUT2D eigenvalue weighted by Gasteiger charge is 2.79. The zero-order valence-corrected chi connectivity index (χ0v) is 23.2. The maximum Gasteiger partial charge on any atom is 0.312 e. The molecule has 6 atom stereocenters. The summed E-state index contributed by atoms with van der Waals surface area (Å²) in [6.07, 6.45) is 7.39. The predicted molar refractivity (Wildman–Crippen MR) is 147 cm³/mol. The average Bonchev–Trinajstić information content (AvgIpc) is 3.50. The Kier molecular flexibility index (Phi) is 8.96. The maximum atomic E-state index is 14.4. The number of fused-ring (bicyclic) bond motifs is 1. The van der Waals surface area contributed by atoms with Crippen molar-refractivity contribution >= 4 is 17.8 Å². The maximum absolute atomic E-state index is 14.4. The van der Waals surface area contributed by atoms with Crippen LogP contribution in [-0.2, 0) is 30.4 Å². The number of carbonyl (C=O) groups excluding carboxylic acids is 3.